The van der Waals surface area contributed by atoms with E-state index >= 15 is 0 Å². The Morgan fingerprint density at radius 3 is 2.48 bits per heavy atom. The Morgan fingerprint density at radius 2 is 1.84 bits per heavy atom. The van der Waals surface area contributed by atoms with E-state index in [2.05, 4.69) is 10.0 Å². The lowest BCUT2D eigenvalue weighted by atomic mass is 10.1. The molecule has 0 aliphatic rings. The summed E-state index contributed by atoms with van der Waals surface area (Å²) in [6.07, 6.45) is 1.34. The fourth-order valence-electron chi connectivity index (χ4n) is 2.21. The van der Waals surface area contributed by atoms with Crippen molar-refractivity contribution in [3.8, 4) is 5.75 Å². The largest absolute Gasteiger partial charge is 0.495 e. The summed E-state index contributed by atoms with van der Waals surface area (Å²) in [5.74, 6) is 0.0480. The zero-order chi connectivity index (χ0) is 18.3. The van der Waals surface area contributed by atoms with Gasteiger partial charge in [-0.25, -0.2) is 8.42 Å². The molecule has 0 atom stereocenters. The van der Waals surface area contributed by atoms with E-state index < -0.39 is 10.0 Å². The summed E-state index contributed by atoms with van der Waals surface area (Å²) in [6.45, 7) is 1.92. The predicted molar refractivity (Wildman–Crippen MR) is 99.7 cm³/mol. The molecule has 0 aromatic heterocycles. The van der Waals surface area contributed by atoms with Gasteiger partial charge in [0.05, 0.1) is 18.6 Å². The van der Waals surface area contributed by atoms with Gasteiger partial charge in [0.15, 0.2) is 0 Å². The molecule has 0 aliphatic heterocycles. The zero-order valence-electron chi connectivity index (χ0n) is 14.3. The van der Waals surface area contributed by atoms with Crippen molar-refractivity contribution in [2.75, 3.05) is 22.9 Å². The van der Waals surface area contributed by atoms with Gasteiger partial charge in [0, 0.05) is 11.3 Å². The van der Waals surface area contributed by atoms with Crippen LogP contribution < -0.4 is 14.8 Å². The van der Waals surface area contributed by atoms with Crippen molar-refractivity contribution in [2.45, 2.75) is 19.8 Å². The molecule has 0 saturated carbocycles. The molecule has 2 rings (SSSR count). The quantitative estimate of drug-likeness (QED) is 0.753. The maximum atomic E-state index is 12.4. The van der Waals surface area contributed by atoms with Gasteiger partial charge < -0.3 is 10.1 Å². The molecule has 7 heteroatoms. The number of ether oxygens (including phenoxy) is 1. The van der Waals surface area contributed by atoms with E-state index in [1.165, 1.54) is 13.2 Å². The Hall–Kier alpha value is -2.54. The summed E-state index contributed by atoms with van der Waals surface area (Å²) in [4.78, 5) is 12.4. The number of rotatable bonds is 8. The van der Waals surface area contributed by atoms with Gasteiger partial charge in [-0.1, -0.05) is 31.5 Å². The van der Waals surface area contributed by atoms with Crippen molar-refractivity contribution < 1.29 is 17.9 Å². The number of benzene rings is 2. The number of anilines is 2. The molecule has 0 heterocycles. The number of para-hydroxylation sites is 1. The summed E-state index contributed by atoms with van der Waals surface area (Å²) >= 11 is 0. The van der Waals surface area contributed by atoms with Gasteiger partial charge >= 0.3 is 0 Å². The summed E-state index contributed by atoms with van der Waals surface area (Å²) < 4.78 is 32.0. The second kappa shape index (κ2) is 8.53. The second-order valence-corrected chi connectivity index (χ2v) is 7.35. The Morgan fingerprint density at radius 1 is 1.12 bits per heavy atom. The van der Waals surface area contributed by atoms with Crippen LogP contribution >= 0.6 is 0 Å². The first-order valence-electron chi connectivity index (χ1n) is 8.00. The molecule has 0 aliphatic carbocycles. The van der Waals surface area contributed by atoms with Gasteiger partial charge in [0.25, 0.3) is 5.91 Å². The number of carbonyl (C=O) groups excluding carboxylic acids is 1. The first kappa shape index (κ1) is 18.8. The van der Waals surface area contributed by atoms with E-state index in [4.69, 9.17) is 4.74 Å². The molecule has 0 fully saturated rings. The topological polar surface area (TPSA) is 84.5 Å². The minimum Gasteiger partial charge on any atom is -0.495 e. The van der Waals surface area contributed by atoms with Crippen LogP contribution in [0, 0.1) is 0 Å². The van der Waals surface area contributed by atoms with Crippen LogP contribution in [0.15, 0.2) is 48.5 Å². The average molecular weight is 362 g/mol. The molecule has 2 N–H and O–H groups in total. The smallest absolute Gasteiger partial charge is 0.255 e. The molecule has 0 unspecified atom stereocenters. The Bertz CT molecular complexity index is 820. The Balaban J connectivity index is 2.22. The molecule has 0 bridgehead atoms. The maximum absolute atomic E-state index is 12.4. The number of carbonyl (C=O) groups is 1. The monoisotopic (exact) mass is 362 g/mol. The van der Waals surface area contributed by atoms with Crippen molar-refractivity contribution in [1.29, 1.82) is 0 Å². The van der Waals surface area contributed by atoms with Gasteiger partial charge in [-0.2, -0.15) is 0 Å². The highest BCUT2D eigenvalue weighted by atomic mass is 32.2. The third kappa shape index (κ3) is 5.49. The second-order valence-electron chi connectivity index (χ2n) is 5.51. The van der Waals surface area contributed by atoms with Crippen LogP contribution in [0.3, 0.4) is 0 Å². The normalized spacial score (nSPS) is 11.0. The zero-order valence-corrected chi connectivity index (χ0v) is 15.1. The van der Waals surface area contributed by atoms with Crippen molar-refractivity contribution in [1.82, 2.24) is 0 Å². The molecule has 2 aromatic rings. The summed E-state index contributed by atoms with van der Waals surface area (Å²) in [7, 11) is -2.05. The number of amides is 1. The van der Waals surface area contributed by atoms with E-state index in [-0.39, 0.29) is 17.3 Å². The third-order valence-corrected chi connectivity index (χ3v) is 4.88. The molecule has 25 heavy (non-hydrogen) atoms. The van der Waals surface area contributed by atoms with Crippen LogP contribution in [0.5, 0.6) is 5.75 Å². The number of nitrogens with one attached hydrogen (secondary N) is 2. The Kier molecular flexibility index (Phi) is 6.41. The minimum atomic E-state index is -3.49. The van der Waals surface area contributed by atoms with Crippen LogP contribution in [-0.2, 0) is 10.0 Å². The number of methoxy groups -OCH3 is 1. The van der Waals surface area contributed by atoms with E-state index in [1.807, 2.05) is 25.1 Å². The maximum Gasteiger partial charge on any atom is 0.255 e. The van der Waals surface area contributed by atoms with Gasteiger partial charge in [-0.05, 0) is 36.8 Å². The van der Waals surface area contributed by atoms with Crippen molar-refractivity contribution in [3.63, 3.8) is 0 Å². The Labute approximate surface area is 148 Å². The minimum absolute atomic E-state index is 0.0209. The molecular weight excluding hydrogens is 340 g/mol. The SMILES string of the molecule is CCCCS(=O)(=O)Nc1cc(C(=O)Nc2ccccc2)ccc1OC. The molecule has 0 radical (unpaired) electrons. The summed E-state index contributed by atoms with van der Waals surface area (Å²) in [6, 6.07) is 13.7. The molecule has 2 aromatic carbocycles. The lowest BCUT2D eigenvalue weighted by Crippen LogP contribution is -2.18. The van der Waals surface area contributed by atoms with Crippen LogP contribution in [0.4, 0.5) is 11.4 Å². The number of hydrogen-bond donors (Lipinski definition) is 2. The third-order valence-electron chi connectivity index (χ3n) is 3.53. The molecule has 1 amide bonds. The van der Waals surface area contributed by atoms with E-state index in [1.54, 1.807) is 24.3 Å². The molecule has 0 spiro atoms. The van der Waals surface area contributed by atoms with Crippen LogP contribution in [0.25, 0.3) is 0 Å². The van der Waals surface area contributed by atoms with Crippen molar-refractivity contribution in [2.24, 2.45) is 0 Å². The number of hydrogen-bond acceptors (Lipinski definition) is 4. The lowest BCUT2D eigenvalue weighted by Gasteiger charge is -2.13. The van der Waals surface area contributed by atoms with E-state index in [9.17, 15) is 13.2 Å². The van der Waals surface area contributed by atoms with Gasteiger partial charge in [-0.15, -0.1) is 0 Å². The fraction of sp³-hybridized carbons (Fsp3) is 0.278. The highest BCUT2D eigenvalue weighted by Crippen LogP contribution is 2.27. The van der Waals surface area contributed by atoms with Crippen molar-refractivity contribution >= 4 is 27.3 Å². The first-order valence-corrected chi connectivity index (χ1v) is 9.65. The molecule has 134 valence electrons. The standard InChI is InChI=1S/C18H22N2O4S/c1-3-4-12-25(22,23)20-16-13-14(10-11-17(16)24-2)18(21)19-15-8-6-5-7-9-15/h5-11,13,20H,3-4,12H2,1-2H3,(H,19,21). The number of sulfonamides is 1. The summed E-state index contributed by atoms with van der Waals surface area (Å²) in [5, 5.41) is 2.76. The van der Waals surface area contributed by atoms with Gasteiger partial charge in [-0.3, -0.25) is 9.52 Å². The predicted octanol–water partition coefficient (Wildman–Crippen LogP) is 3.49. The first-order chi connectivity index (χ1) is 11.9. The molecular formula is C18H22N2O4S. The number of unbranched alkanes of at least 4 members (excludes halogenated alkanes) is 1. The van der Waals surface area contributed by atoms with E-state index in [0.717, 1.165) is 6.42 Å². The summed E-state index contributed by atoms with van der Waals surface area (Å²) in [5.41, 5.74) is 1.24. The lowest BCUT2D eigenvalue weighted by molar-refractivity contribution is 0.102. The van der Waals surface area contributed by atoms with Crippen LogP contribution in [-0.4, -0.2) is 27.2 Å². The van der Waals surface area contributed by atoms with Crippen LogP contribution in [0.2, 0.25) is 0 Å². The van der Waals surface area contributed by atoms with Crippen molar-refractivity contribution in [3.05, 3.63) is 54.1 Å². The highest BCUT2D eigenvalue weighted by Gasteiger charge is 2.16. The molecule has 0 saturated heterocycles. The van der Waals surface area contributed by atoms with E-state index in [0.29, 0.717) is 23.4 Å². The molecule has 6 nitrogen and oxygen atoms in total. The van der Waals surface area contributed by atoms with Gasteiger partial charge in [0.1, 0.15) is 5.75 Å². The van der Waals surface area contributed by atoms with Gasteiger partial charge in [0.2, 0.25) is 10.0 Å². The highest BCUT2D eigenvalue weighted by molar-refractivity contribution is 7.92. The average Bonchev–Trinajstić information content (AvgIpc) is 2.60. The fourth-order valence-corrected chi connectivity index (χ4v) is 3.47. The van der Waals surface area contributed by atoms with Crippen LogP contribution in [0.1, 0.15) is 30.1 Å².